The standard InChI is InChI=1S/C10H12BrN3O2S3/c1-6-5-17-10(13-6)14-19(15,16)8-3-7(4-12-2)18-9(8)11/h3,5,12H,4H2,1-2H3,(H,13,14). The van der Waals surface area contributed by atoms with E-state index >= 15 is 0 Å². The van der Waals surface area contributed by atoms with Crippen LogP contribution in [-0.2, 0) is 16.6 Å². The number of aryl methyl sites for hydroxylation is 1. The Bertz CT molecular complexity index is 678. The van der Waals surface area contributed by atoms with Gasteiger partial charge in [0, 0.05) is 16.8 Å². The Morgan fingerprint density at radius 2 is 2.21 bits per heavy atom. The largest absolute Gasteiger partial charge is 0.315 e. The van der Waals surface area contributed by atoms with Crippen molar-refractivity contribution in [2.45, 2.75) is 18.4 Å². The first-order valence-corrected chi connectivity index (χ1v) is 9.27. The number of nitrogens with one attached hydrogen (secondary N) is 2. The van der Waals surface area contributed by atoms with E-state index in [0.717, 1.165) is 10.6 Å². The van der Waals surface area contributed by atoms with E-state index in [0.29, 0.717) is 15.5 Å². The Kier molecular flexibility index (Phi) is 4.62. The van der Waals surface area contributed by atoms with Crippen LogP contribution in [0.3, 0.4) is 0 Å². The highest BCUT2D eigenvalue weighted by Gasteiger charge is 2.22. The lowest BCUT2D eigenvalue weighted by atomic mass is 10.5. The van der Waals surface area contributed by atoms with E-state index < -0.39 is 10.0 Å². The van der Waals surface area contributed by atoms with E-state index in [-0.39, 0.29) is 4.90 Å². The second-order valence-corrected chi connectivity index (χ2v) is 8.74. The first-order valence-electron chi connectivity index (χ1n) is 5.30. The molecule has 2 rings (SSSR count). The Labute approximate surface area is 128 Å². The van der Waals surface area contributed by atoms with Gasteiger partial charge in [0.1, 0.15) is 4.90 Å². The molecule has 0 unspecified atom stereocenters. The number of thiazole rings is 1. The molecule has 0 aliphatic carbocycles. The van der Waals surface area contributed by atoms with Gasteiger partial charge in [-0.05, 0) is 36.0 Å². The van der Waals surface area contributed by atoms with Crippen molar-refractivity contribution in [3.8, 4) is 0 Å². The van der Waals surface area contributed by atoms with Gasteiger partial charge in [-0.2, -0.15) is 0 Å². The molecule has 2 aromatic rings. The highest BCUT2D eigenvalue weighted by Crippen LogP contribution is 2.33. The maximum absolute atomic E-state index is 12.3. The summed E-state index contributed by atoms with van der Waals surface area (Å²) in [7, 11) is -1.78. The van der Waals surface area contributed by atoms with Crippen LogP contribution in [0.15, 0.2) is 20.1 Å². The van der Waals surface area contributed by atoms with Gasteiger partial charge in [0.15, 0.2) is 5.13 Å². The predicted octanol–water partition coefficient (Wildman–Crippen LogP) is 2.80. The summed E-state index contributed by atoms with van der Waals surface area (Å²) >= 11 is 5.96. The smallest absolute Gasteiger partial charge is 0.265 e. The van der Waals surface area contributed by atoms with E-state index in [9.17, 15) is 8.42 Å². The maximum atomic E-state index is 12.3. The second-order valence-electron chi connectivity index (χ2n) is 3.78. The van der Waals surface area contributed by atoms with Gasteiger partial charge in [-0.15, -0.1) is 22.7 Å². The van der Waals surface area contributed by atoms with E-state index in [1.165, 1.54) is 22.7 Å². The zero-order valence-corrected chi connectivity index (χ0v) is 14.3. The number of nitrogens with zero attached hydrogens (tertiary/aromatic N) is 1. The summed E-state index contributed by atoms with van der Waals surface area (Å²) in [5.74, 6) is 0. The van der Waals surface area contributed by atoms with Gasteiger partial charge in [-0.25, -0.2) is 13.4 Å². The summed E-state index contributed by atoms with van der Waals surface area (Å²) in [6, 6.07) is 1.66. The van der Waals surface area contributed by atoms with Crippen LogP contribution in [0.1, 0.15) is 10.6 Å². The van der Waals surface area contributed by atoms with Crippen LogP contribution in [-0.4, -0.2) is 20.4 Å². The predicted molar refractivity (Wildman–Crippen MR) is 82.4 cm³/mol. The first-order chi connectivity index (χ1) is 8.92. The second kappa shape index (κ2) is 5.88. The summed E-state index contributed by atoms with van der Waals surface area (Å²) in [6.45, 7) is 2.45. The molecule has 104 valence electrons. The van der Waals surface area contributed by atoms with E-state index in [1.807, 2.05) is 14.0 Å². The van der Waals surface area contributed by atoms with Crippen LogP contribution in [0.2, 0.25) is 0 Å². The zero-order chi connectivity index (χ0) is 14.0. The molecule has 2 N–H and O–H groups in total. The maximum Gasteiger partial charge on any atom is 0.265 e. The summed E-state index contributed by atoms with van der Waals surface area (Å²) in [5, 5.41) is 5.17. The Hall–Kier alpha value is -0.480. The van der Waals surface area contributed by atoms with Crippen molar-refractivity contribution >= 4 is 53.8 Å². The Balaban J connectivity index is 2.28. The van der Waals surface area contributed by atoms with E-state index in [1.54, 1.807) is 11.4 Å². The number of aromatic nitrogens is 1. The molecule has 0 aliphatic rings. The molecule has 5 nitrogen and oxygen atoms in total. The van der Waals surface area contributed by atoms with Crippen molar-refractivity contribution in [2.24, 2.45) is 0 Å². The van der Waals surface area contributed by atoms with Crippen LogP contribution in [0, 0.1) is 6.92 Å². The third kappa shape index (κ3) is 3.54. The molecule has 2 aromatic heterocycles. The Morgan fingerprint density at radius 3 is 2.79 bits per heavy atom. The molecule has 0 amide bonds. The summed E-state index contributed by atoms with van der Waals surface area (Å²) in [4.78, 5) is 5.29. The van der Waals surface area contributed by atoms with Crippen LogP contribution in [0.5, 0.6) is 0 Å². The van der Waals surface area contributed by atoms with Crippen molar-refractivity contribution in [1.82, 2.24) is 10.3 Å². The van der Waals surface area contributed by atoms with Crippen molar-refractivity contribution in [1.29, 1.82) is 0 Å². The van der Waals surface area contributed by atoms with Crippen LogP contribution >= 0.6 is 38.6 Å². The minimum atomic E-state index is -3.59. The lowest BCUT2D eigenvalue weighted by Crippen LogP contribution is -2.12. The lowest BCUT2D eigenvalue weighted by Gasteiger charge is -2.03. The quantitative estimate of drug-likeness (QED) is 0.834. The van der Waals surface area contributed by atoms with Gasteiger partial charge in [0.25, 0.3) is 10.0 Å². The topological polar surface area (TPSA) is 71.1 Å². The molecule has 0 bridgehead atoms. The molecule has 9 heteroatoms. The number of thiophene rings is 1. The third-order valence-corrected chi connectivity index (χ3v) is 6.78. The van der Waals surface area contributed by atoms with Gasteiger partial charge >= 0.3 is 0 Å². The SMILES string of the molecule is CNCc1cc(S(=O)(=O)Nc2nc(C)cs2)c(Br)s1. The molecule has 0 saturated carbocycles. The average molecular weight is 382 g/mol. The Morgan fingerprint density at radius 1 is 1.47 bits per heavy atom. The van der Waals surface area contributed by atoms with Crippen LogP contribution < -0.4 is 10.0 Å². The molecular formula is C10H12BrN3O2S3. The van der Waals surface area contributed by atoms with Crippen LogP contribution in [0.25, 0.3) is 0 Å². The van der Waals surface area contributed by atoms with Crippen molar-refractivity contribution in [3.05, 3.63) is 25.8 Å². The number of sulfonamides is 1. The molecule has 0 fully saturated rings. The van der Waals surface area contributed by atoms with E-state index in [4.69, 9.17) is 0 Å². The molecule has 0 spiro atoms. The number of rotatable bonds is 5. The number of hydrogen-bond acceptors (Lipinski definition) is 6. The fourth-order valence-corrected chi connectivity index (χ4v) is 6.05. The summed E-state index contributed by atoms with van der Waals surface area (Å²) in [6.07, 6.45) is 0. The van der Waals surface area contributed by atoms with Crippen molar-refractivity contribution in [2.75, 3.05) is 11.8 Å². The highest BCUT2D eigenvalue weighted by molar-refractivity contribution is 9.11. The van der Waals surface area contributed by atoms with Gasteiger partial charge < -0.3 is 5.32 Å². The molecule has 0 aromatic carbocycles. The monoisotopic (exact) mass is 381 g/mol. The lowest BCUT2D eigenvalue weighted by molar-refractivity contribution is 0.601. The molecule has 2 heterocycles. The molecule has 0 aliphatic heterocycles. The first kappa shape index (κ1) is 14.9. The number of hydrogen-bond donors (Lipinski definition) is 2. The molecule has 0 saturated heterocycles. The minimum Gasteiger partial charge on any atom is -0.315 e. The normalized spacial score (nSPS) is 11.7. The molecular weight excluding hydrogens is 370 g/mol. The van der Waals surface area contributed by atoms with Crippen LogP contribution in [0.4, 0.5) is 5.13 Å². The van der Waals surface area contributed by atoms with Gasteiger partial charge in [0.05, 0.1) is 9.48 Å². The highest BCUT2D eigenvalue weighted by atomic mass is 79.9. The minimum absolute atomic E-state index is 0.246. The fourth-order valence-electron chi connectivity index (χ4n) is 1.41. The van der Waals surface area contributed by atoms with Crippen molar-refractivity contribution in [3.63, 3.8) is 0 Å². The third-order valence-electron chi connectivity index (χ3n) is 2.19. The number of anilines is 1. The summed E-state index contributed by atoms with van der Waals surface area (Å²) in [5.41, 5.74) is 0.794. The molecule has 19 heavy (non-hydrogen) atoms. The fraction of sp³-hybridized carbons (Fsp3) is 0.300. The zero-order valence-electron chi connectivity index (χ0n) is 10.2. The van der Waals surface area contributed by atoms with Gasteiger partial charge in [-0.3, -0.25) is 4.72 Å². The molecule has 0 radical (unpaired) electrons. The summed E-state index contributed by atoms with van der Waals surface area (Å²) < 4.78 is 27.6. The van der Waals surface area contributed by atoms with Gasteiger partial charge in [-0.1, -0.05) is 0 Å². The van der Waals surface area contributed by atoms with E-state index in [2.05, 4.69) is 31.0 Å². The van der Waals surface area contributed by atoms with Crippen molar-refractivity contribution < 1.29 is 8.42 Å². The molecule has 0 atom stereocenters. The average Bonchev–Trinajstić information content (AvgIpc) is 2.86. The van der Waals surface area contributed by atoms with Gasteiger partial charge in [0.2, 0.25) is 0 Å². The number of halogens is 1.